The minimum atomic E-state index is -3.04. The van der Waals surface area contributed by atoms with E-state index in [1.807, 2.05) is 0 Å². The highest BCUT2D eigenvalue weighted by Crippen LogP contribution is 2.47. The highest BCUT2D eigenvalue weighted by molar-refractivity contribution is 5.75. The van der Waals surface area contributed by atoms with Gasteiger partial charge >= 0.3 is 29.8 Å². The number of hydrogen-bond donors (Lipinski definition) is 8. The summed E-state index contributed by atoms with van der Waals surface area (Å²) in [4.78, 5) is 57.6. The molecule has 5 atom stereocenters. The Hall–Kier alpha value is -2.89. The third-order valence-electron chi connectivity index (χ3n) is 4.83. The van der Waals surface area contributed by atoms with Crippen LogP contribution in [0.25, 0.3) is 0 Å². The van der Waals surface area contributed by atoms with Gasteiger partial charge in [-0.3, -0.25) is 24.1 Å². The molecule has 0 aromatic rings. The lowest BCUT2D eigenvalue weighted by molar-refractivity contribution is -0.382. The molecule has 8 N–H and O–H groups in total. The highest BCUT2D eigenvalue weighted by Gasteiger charge is 2.69. The zero-order valence-electron chi connectivity index (χ0n) is 16.4. The quantitative estimate of drug-likeness (QED) is 0.128. The van der Waals surface area contributed by atoms with E-state index < -0.39 is 98.6 Å². The second-order valence-corrected chi connectivity index (χ2v) is 6.92. The number of aliphatic hydroxyl groups is 3. The van der Waals surface area contributed by atoms with E-state index in [9.17, 15) is 59.7 Å². The lowest BCUT2D eigenvalue weighted by atomic mass is 9.71. The van der Waals surface area contributed by atoms with E-state index in [0.29, 0.717) is 4.90 Å². The second kappa shape index (κ2) is 10.6. The molecular weight excluding hydrogens is 446 g/mol. The van der Waals surface area contributed by atoms with Crippen molar-refractivity contribution in [2.75, 3.05) is 26.3 Å². The van der Waals surface area contributed by atoms with Gasteiger partial charge in [-0.05, 0) is 0 Å². The number of carboxylic acid groups (broad SMARTS) is 5. The van der Waals surface area contributed by atoms with Crippen molar-refractivity contribution in [1.82, 2.24) is 4.90 Å². The first-order valence-electron chi connectivity index (χ1n) is 8.85. The largest absolute Gasteiger partial charge is 0.481 e. The highest BCUT2D eigenvalue weighted by atomic mass is 16.7. The summed E-state index contributed by atoms with van der Waals surface area (Å²) >= 11 is 0. The van der Waals surface area contributed by atoms with Crippen molar-refractivity contribution in [3.05, 3.63) is 0 Å². The van der Waals surface area contributed by atoms with Gasteiger partial charge in [0.25, 0.3) is 0 Å². The number of ether oxygens (including phenoxy) is 2. The van der Waals surface area contributed by atoms with Crippen LogP contribution in [0.1, 0.15) is 12.8 Å². The predicted molar refractivity (Wildman–Crippen MR) is 94.4 cm³/mol. The Balaban J connectivity index is 3.98. The summed E-state index contributed by atoms with van der Waals surface area (Å²) < 4.78 is 10.4. The fourth-order valence-corrected chi connectivity index (χ4v) is 3.73. The van der Waals surface area contributed by atoms with Crippen LogP contribution in [0.5, 0.6) is 0 Å². The van der Waals surface area contributed by atoms with Gasteiger partial charge in [-0.25, -0.2) is 4.79 Å². The molecule has 1 aliphatic rings. The third-order valence-corrected chi connectivity index (χ3v) is 4.83. The molecule has 0 aromatic heterocycles. The molecule has 0 aliphatic carbocycles. The third kappa shape index (κ3) is 5.67. The minimum absolute atomic E-state index is 0.304. The molecule has 0 saturated carbocycles. The van der Waals surface area contributed by atoms with E-state index in [-0.39, 0.29) is 0 Å². The minimum Gasteiger partial charge on any atom is -0.481 e. The average Bonchev–Trinajstić information content (AvgIpc) is 2.64. The van der Waals surface area contributed by atoms with Crippen LogP contribution in [0.3, 0.4) is 0 Å². The number of carbonyl (C=O) groups is 5. The van der Waals surface area contributed by atoms with Crippen LogP contribution in [0.15, 0.2) is 0 Å². The molecule has 0 aromatic carbocycles. The molecule has 0 radical (unpaired) electrons. The molecule has 182 valence electrons. The standard InChI is InChI=1S/C16H23NO15/c18-5-7-13(29)14(30)15(1-8(19)20,17(3-10(23)24)4-11(25)26)16(32-7,2-9(21)22)31-6-12(27)28/h7,13-14,18,29-30H,1-6H2,(H,19,20)(H,21,22)(H,23,24)(H,25,26)(H,27,28)/t7-,13-,14+,15-,16-/m1/s1. The van der Waals surface area contributed by atoms with Crippen molar-refractivity contribution >= 4 is 29.8 Å². The summed E-state index contributed by atoms with van der Waals surface area (Å²) in [5.74, 6) is -11.9. The van der Waals surface area contributed by atoms with Gasteiger partial charge in [0.2, 0.25) is 5.79 Å². The fourth-order valence-electron chi connectivity index (χ4n) is 3.73. The Morgan fingerprint density at radius 1 is 0.812 bits per heavy atom. The van der Waals surface area contributed by atoms with Gasteiger partial charge in [-0.15, -0.1) is 0 Å². The van der Waals surface area contributed by atoms with Crippen molar-refractivity contribution in [2.24, 2.45) is 0 Å². The summed E-state index contributed by atoms with van der Waals surface area (Å²) in [6, 6.07) is 0. The summed E-state index contributed by atoms with van der Waals surface area (Å²) in [6.07, 6.45) is -9.37. The maximum atomic E-state index is 11.7. The van der Waals surface area contributed by atoms with Crippen LogP contribution in [0, 0.1) is 0 Å². The molecule has 16 nitrogen and oxygen atoms in total. The van der Waals surface area contributed by atoms with Crippen LogP contribution in [-0.4, -0.2) is 132 Å². The molecule has 1 rings (SSSR count). The van der Waals surface area contributed by atoms with Crippen molar-refractivity contribution in [3.63, 3.8) is 0 Å². The predicted octanol–water partition coefficient (Wildman–Crippen LogP) is -3.94. The molecule has 0 spiro atoms. The molecular formula is C16H23NO15. The van der Waals surface area contributed by atoms with Crippen LogP contribution >= 0.6 is 0 Å². The van der Waals surface area contributed by atoms with Crippen LogP contribution < -0.4 is 0 Å². The first-order chi connectivity index (χ1) is 14.7. The van der Waals surface area contributed by atoms with Crippen molar-refractivity contribution in [3.8, 4) is 0 Å². The number of rotatable bonds is 13. The van der Waals surface area contributed by atoms with Crippen molar-refractivity contribution in [2.45, 2.75) is 42.5 Å². The summed E-state index contributed by atoms with van der Waals surface area (Å²) in [6.45, 7) is -5.07. The van der Waals surface area contributed by atoms with E-state index >= 15 is 0 Å². The molecule has 0 bridgehead atoms. The zero-order valence-corrected chi connectivity index (χ0v) is 16.4. The number of carboxylic acids is 5. The van der Waals surface area contributed by atoms with Gasteiger partial charge in [-0.2, -0.15) is 0 Å². The number of nitrogens with zero attached hydrogens (tertiary/aromatic N) is 1. The van der Waals surface area contributed by atoms with Gasteiger partial charge in [0, 0.05) is 0 Å². The molecule has 0 unspecified atom stereocenters. The lowest BCUT2D eigenvalue weighted by Gasteiger charge is -2.60. The van der Waals surface area contributed by atoms with E-state index in [4.69, 9.17) is 14.6 Å². The van der Waals surface area contributed by atoms with Crippen LogP contribution in [0.2, 0.25) is 0 Å². The number of hydrogen-bond acceptors (Lipinski definition) is 11. The lowest BCUT2D eigenvalue weighted by Crippen LogP contribution is -2.81. The average molecular weight is 469 g/mol. The van der Waals surface area contributed by atoms with Gasteiger partial charge in [0.05, 0.1) is 26.1 Å². The number of aliphatic hydroxyl groups excluding tert-OH is 3. The van der Waals surface area contributed by atoms with Crippen LogP contribution in [0.4, 0.5) is 0 Å². The zero-order chi connectivity index (χ0) is 24.9. The van der Waals surface area contributed by atoms with Crippen LogP contribution in [-0.2, 0) is 33.4 Å². The molecule has 16 heteroatoms. The first-order valence-corrected chi connectivity index (χ1v) is 8.85. The normalized spacial score (nSPS) is 30.1. The van der Waals surface area contributed by atoms with Gasteiger partial charge < -0.3 is 50.3 Å². The Labute approximate surface area is 178 Å². The van der Waals surface area contributed by atoms with E-state index in [2.05, 4.69) is 0 Å². The monoisotopic (exact) mass is 469 g/mol. The maximum Gasteiger partial charge on any atom is 0.329 e. The Bertz CT molecular complexity index is 740. The molecule has 32 heavy (non-hydrogen) atoms. The summed E-state index contributed by atoms with van der Waals surface area (Å²) in [5.41, 5.74) is -2.95. The van der Waals surface area contributed by atoms with E-state index in [0.717, 1.165) is 0 Å². The fraction of sp³-hybridized carbons (Fsp3) is 0.688. The molecule has 1 fully saturated rings. The smallest absolute Gasteiger partial charge is 0.329 e. The Kier molecular flexibility index (Phi) is 9.01. The van der Waals surface area contributed by atoms with Gasteiger partial charge in [0.15, 0.2) is 0 Å². The summed E-state index contributed by atoms with van der Waals surface area (Å²) in [5, 5.41) is 77.1. The van der Waals surface area contributed by atoms with Crippen molar-refractivity contribution < 1.29 is 74.3 Å². The molecule has 0 amide bonds. The van der Waals surface area contributed by atoms with Gasteiger partial charge in [0.1, 0.15) is 36.9 Å². The molecule has 1 heterocycles. The second-order valence-electron chi connectivity index (χ2n) is 6.92. The topological polar surface area (TPSA) is 269 Å². The van der Waals surface area contributed by atoms with E-state index in [1.54, 1.807) is 0 Å². The molecule has 1 saturated heterocycles. The maximum absolute atomic E-state index is 11.7. The van der Waals surface area contributed by atoms with E-state index in [1.165, 1.54) is 0 Å². The Morgan fingerprint density at radius 2 is 1.31 bits per heavy atom. The van der Waals surface area contributed by atoms with Gasteiger partial charge in [-0.1, -0.05) is 0 Å². The first kappa shape index (κ1) is 27.1. The van der Waals surface area contributed by atoms with Crippen molar-refractivity contribution in [1.29, 1.82) is 0 Å². The SMILES string of the molecule is O=C(O)CO[C@]1(CC(=O)O)O[C@H](CO)[C@@H](O)[C@H](O)[C@@]1(CC(=O)O)N(CC(=O)O)CC(=O)O. The Morgan fingerprint density at radius 3 is 1.69 bits per heavy atom. The number of aliphatic carboxylic acids is 5. The summed E-state index contributed by atoms with van der Waals surface area (Å²) in [7, 11) is 0. The molecule has 1 aliphatic heterocycles.